The lowest BCUT2D eigenvalue weighted by Gasteiger charge is -2.19. The number of imide groups is 1. The number of nitrogens with zero attached hydrogens (tertiary/aromatic N) is 2. The third kappa shape index (κ3) is 2.83. The van der Waals surface area contributed by atoms with Crippen LogP contribution in [-0.4, -0.2) is 16.8 Å². The Kier molecular flexibility index (Phi) is 3.79. The van der Waals surface area contributed by atoms with Crippen molar-refractivity contribution in [3.63, 3.8) is 0 Å². The molecule has 5 heteroatoms. The Balaban J connectivity index is 2.44. The predicted octanol–water partition coefficient (Wildman–Crippen LogP) is 2.17. The molecular formula is C15H15N3O2. The Morgan fingerprint density at radius 1 is 1.20 bits per heavy atom. The summed E-state index contributed by atoms with van der Waals surface area (Å²) in [6.45, 7) is 3.13. The topological polar surface area (TPSA) is 76.3 Å². The van der Waals surface area contributed by atoms with Gasteiger partial charge >= 0.3 is 0 Å². The Morgan fingerprint density at radius 3 is 2.55 bits per heavy atom. The fourth-order valence-corrected chi connectivity index (χ4v) is 1.91. The van der Waals surface area contributed by atoms with E-state index in [2.05, 4.69) is 4.98 Å². The van der Waals surface area contributed by atoms with Crippen LogP contribution in [-0.2, 0) is 4.79 Å². The van der Waals surface area contributed by atoms with Crippen LogP contribution in [0.25, 0.3) is 0 Å². The van der Waals surface area contributed by atoms with Gasteiger partial charge in [0.25, 0.3) is 5.91 Å². The summed E-state index contributed by atoms with van der Waals surface area (Å²) in [4.78, 5) is 29.4. The molecular weight excluding hydrogens is 254 g/mol. The molecule has 0 unspecified atom stereocenters. The molecule has 0 spiro atoms. The molecule has 2 N–H and O–H groups in total. The van der Waals surface area contributed by atoms with Crippen LogP contribution in [0.3, 0.4) is 0 Å². The Morgan fingerprint density at radius 2 is 1.95 bits per heavy atom. The molecule has 0 atom stereocenters. The number of aryl methyl sites for hydroxylation is 1. The van der Waals surface area contributed by atoms with Gasteiger partial charge < -0.3 is 5.73 Å². The summed E-state index contributed by atoms with van der Waals surface area (Å²) in [7, 11) is 0. The first-order valence-corrected chi connectivity index (χ1v) is 6.12. The smallest absolute Gasteiger partial charge is 0.265 e. The number of hydrogen-bond donors (Lipinski definition) is 1. The minimum atomic E-state index is -0.395. The van der Waals surface area contributed by atoms with Crippen molar-refractivity contribution < 1.29 is 9.59 Å². The first-order chi connectivity index (χ1) is 9.49. The molecule has 2 rings (SSSR count). The van der Waals surface area contributed by atoms with Crippen LogP contribution < -0.4 is 10.6 Å². The third-order valence-electron chi connectivity index (χ3n) is 2.79. The minimum absolute atomic E-state index is 0.366. The van der Waals surface area contributed by atoms with Crippen LogP contribution in [0.2, 0.25) is 0 Å². The summed E-state index contributed by atoms with van der Waals surface area (Å²) < 4.78 is 0. The number of pyridine rings is 1. The van der Waals surface area contributed by atoms with Crippen molar-refractivity contribution in [2.75, 3.05) is 10.6 Å². The quantitative estimate of drug-likeness (QED) is 0.848. The maximum atomic E-state index is 12.5. The van der Waals surface area contributed by atoms with Crippen LogP contribution in [0.15, 0.2) is 42.6 Å². The summed E-state index contributed by atoms with van der Waals surface area (Å²) in [5, 5.41) is 0. The number of hydrogen-bond acceptors (Lipinski definition) is 4. The molecule has 2 amide bonds. The molecule has 1 aromatic heterocycles. The lowest BCUT2D eigenvalue weighted by Crippen LogP contribution is -2.35. The number of aromatic nitrogens is 1. The summed E-state index contributed by atoms with van der Waals surface area (Å²) in [6, 6.07) is 9.88. The molecule has 5 nitrogen and oxygen atoms in total. The molecule has 0 saturated carbocycles. The molecule has 102 valence electrons. The standard InChI is InChI=1S/C15H15N3O2/c1-10-8-12(6-7-17-10)15(20)18(11(2)19)14-5-3-4-13(16)9-14/h3-9H,16H2,1-2H3. The molecule has 0 bridgehead atoms. The van der Waals surface area contributed by atoms with Gasteiger partial charge in [-0.3, -0.25) is 14.6 Å². The lowest BCUT2D eigenvalue weighted by molar-refractivity contribution is -0.115. The largest absolute Gasteiger partial charge is 0.399 e. The van der Waals surface area contributed by atoms with Crippen molar-refractivity contribution >= 4 is 23.2 Å². The van der Waals surface area contributed by atoms with Crippen molar-refractivity contribution in [3.05, 3.63) is 53.9 Å². The van der Waals surface area contributed by atoms with E-state index in [1.54, 1.807) is 49.5 Å². The van der Waals surface area contributed by atoms with Crippen molar-refractivity contribution in [3.8, 4) is 0 Å². The molecule has 0 aliphatic heterocycles. The van der Waals surface area contributed by atoms with Gasteiger partial charge in [0.2, 0.25) is 5.91 Å². The summed E-state index contributed by atoms with van der Waals surface area (Å²) in [5.41, 5.74) is 7.78. The molecule has 0 saturated heterocycles. The highest BCUT2D eigenvalue weighted by atomic mass is 16.2. The van der Waals surface area contributed by atoms with Gasteiger partial charge in [-0.25, -0.2) is 4.90 Å². The first kappa shape index (κ1) is 13.7. The van der Waals surface area contributed by atoms with Gasteiger partial charge in [-0.1, -0.05) is 6.07 Å². The van der Waals surface area contributed by atoms with Crippen LogP contribution in [0.5, 0.6) is 0 Å². The van der Waals surface area contributed by atoms with Crippen LogP contribution >= 0.6 is 0 Å². The monoisotopic (exact) mass is 269 g/mol. The van der Waals surface area contributed by atoms with Gasteiger partial charge in [0.1, 0.15) is 0 Å². The molecule has 1 heterocycles. The number of benzene rings is 1. The Hall–Kier alpha value is -2.69. The maximum Gasteiger partial charge on any atom is 0.265 e. The van der Waals surface area contributed by atoms with E-state index < -0.39 is 5.91 Å². The highest BCUT2D eigenvalue weighted by Gasteiger charge is 2.22. The molecule has 0 radical (unpaired) electrons. The summed E-state index contributed by atoms with van der Waals surface area (Å²) in [5.74, 6) is -0.760. The average molecular weight is 269 g/mol. The van der Waals surface area contributed by atoms with Gasteiger partial charge in [0, 0.05) is 30.1 Å². The van der Waals surface area contributed by atoms with Crippen LogP contribution in [0.4, 0.5) is 11.4 Å². The lowest BCUT2D eigenvalue weighted by atomic mass is 10.2. The SMILES string of the molecule is CC(=O)N(C(=O)c1ccnc(C)c1)c1cccc(N)c1. The van der Waals surface area contributed by atoms with E-state index in [0.29, 0.717) is 22.6 Å². The van der Waals surface area contributed by atoms with Crippen LogP contribution in [0.1, 0.15) is 23.0 Å². The number of carbonyl (C=O) groups is 2. The normalized spacial score (nSPS) is 10.1. The van der Waals surface area contributed by atoms with Gasteiger partial charge in [-0.15, -0.1) is 0 Å². The van der Waals surface area contributed by atoms with E-state index in [1.807, 2.05) is 0 Å². The van der Waals surface area contributed by atoms with Crippen molar-refractivity contribution in [1.82, 2.24) is 4.98 Å². The van der Waals surface area contributed by atoms with E-state index in [0.717, 1.165) is 4.90 Å². The highest BCUT2D eigenvalue weighted by molar-refractivity contribution is 6.20. The molecule has 0 fully saturated rings. The molecule has 0 aliphatic carbocycles. The average Bonchev–Trinajstić information content (AvgIpc) is 2.38. The molecule has 1 aromatic carbocycles. The van der Waals surface area contributed by atoms with Gasteiger partial charge in [0.05, 0.1) is 5.69 Å². The summed E-state index contributed by atoms with van der Waals surface area (Å²) in [6.07, 6.45) is 1.54. The first-order valence-electron chi connectivity index (χ1n) is 6.12. The van der Waals surface area contributed by atoms with Crippen molar-refractivity contribution in [2.45, 2.75) is 13.8 Å². The van der Waals surface area contributed by atoms with Gasteiger partial charge in [-0.2, -0.15) is 0 Å². The predicted molar refractivity (Wildman–Crippen MR) is 77.3 cm³/mol. The van der Waals surface area contributed by atoms with Gasteiger partial charge in [0.15, 0.2) is 0 Å². The maximum absolute atomic E-state index is 12.5. The zero-order valence-electron chi connectivity index (χ0n) is 11.3. The summed E-state index contributed by atoms with van der Waals surface area (Å²) >= 11 is 0. The Labute approximate surface area is 117 Å². The van der Waals surface area contributed by atoms with Crippen molar-refractivity contribution in [2.24, 2.45) is 0 Å². The van der Waals surface area contributed by atoms with Crippen molar-refractivity contribution in [1.29, 1.82) is 0 Å². The van der Waals surface area contributed by atoms with E-state index in [9.17, 15) is 9.59 Å². The second-order valence-electron chi connectivity index (χ2n) is 4.44. The Bertz CT molecular complexity index is 668. The van der Waals surface area contributed by atoms with Crippen LogP contribution in [0, 0.1) is 6.92 Å². The van der Waals surface area contributed by atoms with E-state index >= 15 is 0 Å². The number of anilines is 2. The fraction of sp³-hybridized carbons (Fsp3) is 0.133. The highest BCUT2D eigenvalue weighted by Crippen LogP contribution is 2.20. The zero-order valence-corrected chi connectivity index (χ0v) is 11.3. The number of carbonyl (C=O) groups excluding carboxylic acids is 2. The number of nitrogen functional groups attached to an aromatic ring is 1. The molecule has 0 aliphatic rings. The number of nitrogens with two attached hydrogens (primary N) is 1. The van der Waals surface area contributed by atoms with E-state index in [4.69, 9.17) is 5.73 Å². The zero-order chi connectivity index (χ0) is 14.7. The van der Waals surface area contributed by atoms with E-state index in [-0.39, 0.29) is 5.91 Å². The second kappa shape index (κ2) is 5.52. The fourth-order valence-electron chi connectivity index (χ4n) is 1.91. The molecule has 20 heavy (non-hydrogen) atoms. The van der Waals surface area contributed by atoms with E-state index in [1.165, 1.54) is 6.92 Å². The van der Waals surface area contributed by atoms with Gasteiger partial charge in [-0.05, 0) is 37.3 Å². The molecule has 2 aromatic rings. The number of rotatable bonds is 2. The minimum Gasteiger partial charge on any atom is -0.399 e. The number of amides is 2. The third-order valence-corrected chi connectivity index (χ3v) is 2.79. The second-order valence-corrected chi connectivity index (χ2v) is 4.44.